The Morgan fingerprint density at radius 1 is 1.00 bits per heavy atom. The maximum Gasteiger partial charge on any atom is 0.196 e. The van der Waals surface area contributed by atoms with Gasteiger partial charge in [0.25, 0.3) is 0 Å². The second kappa shape index (κ2) is 5.69. The van der Waals surface area contributed by atoms with Crippen LogP contribution in [0.25, 0.3) is 5.57 Å². The molecule has 4 heteroatoms. The molecule has 117 valence electrons. The molecule has 0 spiro atoms. The Kier molecular flexibility index (Phi) is 3.84. The van der Waals surface area contributed by atoms with Crippen molar-refractivity contribution in [3.63, 3.8) is 0 Å². The van der Waals surface area contributed by atoms with Gasteiger partial charge in [-0.25, -0.2) is 13.2 Å². The molecule has 0 atom stereocenters. The minimum atomic E-state index is -1.22. The number of carbonyl (C=O) groups is 1. The van der Waals surface area contributed by atoms with Gasteiger partial charge in [-0.3, -0.25) is 4.79 Å². The highest BCUT2D eigenvalue weighted by molar-refractivity contribution is 6.10. The molecule has 0 aliphatic heterocycles. The molecule has 2 aromatic carbocycles. The molecule has 23 heavy (non-hydrogen) atoms. The Hall–Kier alpha value is -2.36. The Balaban J connectivity index is 2.08. The first kappa shape index (κ1) is 15.5. The van der Waals surface area contributed by atoms with Gasteiger partial charge in [-0.1, -0.05) is 37.3 Å². The van der Waals surface area contributed by atoms with Crippen molar-refractivity contribution in [2.75, 3.05) is 0 Å². The molecule has 1 radical (unpaired) electrons. The molecule has 2 aromatic rings. The first-order chi connectivity index (χ1) is 11.0. The van der Waals surface area contributed by atoms with Gasteiger partial charge in [-0.15, -0.1) is 0 Å². The lowest BCUT2D eigenvalue weighted by atomic mass is 9.94. The van der Waals surface area contributed by atoms with E-state index in [2.05, 4.69) is 0 Å². The molecule has 0 saturated carbocycles. The van der Waals surface area contributed by atoms with E-state index in [1.807, 2.05) is 12.5 Å². The molecule has 0 amide bonds. The fourth-order valence-corrected chi connectivity index (χ4v) is 2.59. The molecule has 0 bridgehead atoms. The third-order valence-electron chi connectivity index (χ3n) is 4.04. The van der Waals surface area contributed by atoms with Crippen LogP contribution in [0.2, 0.25) is 0 Å². The van der Waals surface area contributed by atoms with Gasteiger partial charge >= 0.3 is 0 Å². The summed E-state index contributed by atoms with van der Waals surface area (Å²) in [5, 5.41) is 0. The molecule has 0 N–H and O–H groups in total. The quantitative estimate of drug-likeness (QED) is 0.585. The molecule has 1 aliphatic carbocycles. The van der Waals surface area contributed by atoms with Crippen LogP contribution in [0.4, 0.5) is 13.2 Å². The van der Waals surface area contributed by atoms with Crippen molar-refractivity contribution in [2.45, 2.75) is 20.3 Å². The fourth-order valence-electron chi connectivity index (χ4n) is 2.59. The highest BCUT2D eigenvalue weighted by atomic mass is 19.2. The Morgan fingerprint density at radius 3 is 2.13 bits per heavy atom. The number of hydrogen-bond acceptors (Lipinski definition) is 1. The molecule has 0 fully saturated rings. The van der Waals surface area contributed by atoms with Gasteiger partial charge in [-0.05, 0) is 24.5 Å². The predicted octanol–water partition coefficient (Wildman–Crippen LogP) is 4.81. The molecular weight excluding hydrogens is 301 g/mol. The van der Waals surface area contributed by atoms with E-state index >= 15 is 0 Å². The Morgan fingerprint density at radius 2 is 1.61 bits per heavy atom. The van der Waals surface area contributed by atoms with E-state index < -0.39 is 34.4 Å². The second-order valence-electron chi connectivity index (χ2n) is 5.47. The smallest absolute Gasteiger partial charge is 0.196 e. The van der Waals surface area contributed by atoms with Crippen LogP contribution in [-0.4, -0.2) is 5.78 Å². The van der Waals surface area contributed by atoms with E-state index in [4.69, 9.17) is 0 Å². The maximum atomic E-state index is 14.5. The van der Waals surface area contributed by atoms with Crippen LogP contribution in [-0.2, 0) is 6.42 Å². The standard InChI is InChI=1S/C19H14F3O/c1-3-14-17(21)15(10(2)16(20)18(14)22)19(23)13-8-6-12(7-9-13)11-4-5-11/h4-9H,3H2,1-2H3. The summed E-state index contributed by atoms with van der Waals surface area (Å²) in [7, 11) is 0. The summed E-state index contributed by atoms with van der Waals surface area (Å²) in [5.41, 5.74) is 1.18. The number of allylic oxidation sites excluding steroid dienone is 2. The minimum Gasteiger partial charge on any atom is -0.288 e. The second-order valence-corrected chi connectivity index (χ2v) is 5.47. The fraction of sp³-hybridized carbons (Fsp3) is 0.158. The number of benzene rings is 2. The number of halogens is 3. The van der Waals surface area contributed by atoms with Crippen LogP contribution in [0.3, 0.4) is 0 Å². The molecule has 1 nitrogen and oxygen atoms in total. The van der Waals surface area contributed by atoms with Gasteiger partial charge in [0, 0.05) is 23.1 Å². The number of hydrogen-bond donors (Lipinski definition) is 0. The number of ketones is 1. The first-order valence-corrected chi connectivity index (χ1v) is 7.31. The van der Waals surface area contributed by atoms with E-state index in [9.17, 15) is 18.0 Å². The summed E-state index contributed by atoms with van der Waals surface area (Å²) < 4.78 is 42.2. The topological polar surface area (TPSA) is 17.1 Å². The molecule has 0 unspecified atom stereocenters. The third-order valence-corrected chi connectivity index (χ3v) is 4.04. The zero-order valence-corrected chi connectivity index (χ0v) is 12.7. The van der Waals surface area contributed by atoms with Crippen LogP contribution in [0.5, 0.6) is 0 Å². The Labute approximate surface area is 132 Å². The summed E-state index contributed by atoms with van der Waals surface area (Å²) in [6.45, 7) is 2.73. The SMILES string of the molecule is CCc1c(F)c(F)c(C)c(C(=O)c2ccc(C3=C[CH]3)cc2)c1F. The summed E-state index contributed by atoms with van der Waals surface area (Å²) in [4.78, 5) is 12.6. The van der Waals surface area contributed by atoms with E-state index in [0.29, 0.717) is 0 Å². The van der Waals surface area contributed by atoms with Crippen molar-refractivity contribution < 1.29 is 18.0 Å². The van der Waals surface area contributed by atoms with Gasteiger partial charge in [0.15, 0.2) is 17.4 Å². The lowest BCUT2D eigenvalue weighted by molar-refractivity contribution is 0.103. The summed E-state index contributed by atoms with van der Waals surface area (Å²) >= 11 is 0. The van der Waals surface area contributed by atoms with E-state index in [1.54, 1.807) is 24.3 Å². The lowest BCUT2D eigenvalue weighted by Gasteiger charge is -2.13. The number of rotatable bonds is 4. The van der Waals surface area contributed by atoms with Crippen LogP contribution in [0.1, 0.15) is 39.5 Å². The maximum absolute atomic E-state index is 14.5. The molecule has 0 heterocycles. The van der Waals surface area contributed by atoms with Gasteiger partial charge in [0.1, 0.15) is 5.82 Å². The van der Waals surface area contributed by atoms with Gasteiger partial charge in [0.05, 0.1) is 5.56 Å². The predicted molar refractivity (Wildman–Crippen MR) is 82.6 cm³/mol. The molecule has 0 aromatic heterocycles. The highest BCUT2D eigenvalue weighted by Crippen LogP contribution is 2.31. The van der Waals surface area contributed by atoms with Gasteiger partial charge in [-0.2, -0.15) is 0 Å². The van der Waals surface area contributed by atoms with Crippen LogP contribution >= 0.6 is 0 Å². The third kappa shape index (κ3) is 2.58. The van der Waals surface area contributed by atoms with E-state index in [1.165, 1.54) is 13.8 Å². The molecule has 1 aliphatic rings. The zero-order chi connectivity index (χ0) is 16.7. The largest absolute Gasteiger partial charge is 0.288 e. The van der Waals surface area contributed by atoms with Gasteiger partial charge in [0.2, 0.25) is 0 Å². The van der Waals surface area contributed by atoms with E-state index in [-0.39, 0.29) is 17.5 Å². The van der Waals surface area contributed by atoms with Crippen LogP contribution in [0, 0.1) is 30.8 Å². The number of carbonyl (C=O) groups excluding carboxylic acids is 1. The average molecular weight is 315 g/mol. The molecular formula is C19H14F3O. The highest BCUT2D eigenvalue weighted by Gasteiger charge is 2.26. The zero-order valence-electron chi connectivity index (χ0n) is 12.7. The normalized spacial score (nSPS) is 13.0. The lowest BCUT2D eigenvalue weighted by Crippen LogP contribution is -2.13. The summed E-state index contributed by atoms with van der Waals surface area (Å²) in [6, 6.07) is 6.62. The summed E-state index contributed by atoms with van der Waals surface area (Å²) in [6.07, 6.45) is 3.84. The van der Waals surface area contributed by atoms with Crippen molar-refractivity contribution in [2.24, 2.45) is 0 Å². The van der Waals surface area contributed by atoms with Crippen LogP contribution < -0.4 is 0 Å². The van der Waals surface area contributed by atoms with Crippen molar-refractivity contribution in [3.8, 4) is 0 Å². The van der Waals surface area contributed by atoms with Crippen molar-refractivity contribution in [1.29, 1.82) is 0 Å². The van der Waals surface area contributed by atoms with E-state index in [0.717, 1.165) is 11.1 Å². The first-order valence-electron chi connectivity index (χ1n) is 7.31. The average Bonchev–Trinajstić information content (AvgIpc) is 3.38. The summed E-state index contributed by atoms with van der Waals surface area (Å²) in [5.74, 6) is -4.00. The van der Waals surface area contributed by atoms with Crippen molar-refractivity contribution in [3.05, 3.63) is 82.0 Å². The van der Waals surface area contributed by atoms with Crippen molar-refractivity contribution >= 4 is 11.4 Å². The molecule has 3 rings (SSSR count). The van der Waals surface area contributed by atoms with Gasteiger partial charge < -0.3 is 0 Å². The minimum absolute atomic E-state index is 0.0297. The van der Waals surface area contributed by atoms with Crippen LogP contribution in [0.15, 0.2) is 30.3 Å². The molecule has 0 saturated heterocycles. The monoisotopic (exact) mass is 315 g/mol. The Bertz CT molecular complexity index is 833. The van der Waals surface area contributed by atoms with Crippen molar-refractivity contribution in [1.82, 2.24) is 0 Å².